The van der Waals surface area contributed by atoms with Crippen LogP contribution in [-0.4, -0.2) is 11.0 Å². The number of carbonyl (C=O) groups is 1. The fraction of sp³-hybridized carbons (Fsp3) is 0.188. The molecule has 104 valence electrons. The monoisotopic (exact) mass is 270 g/mol. The topological polar surface area (TPSA) is 75.4 Å². The van der Waals surface area contributed by atoms with Crippen molar-refractivity contribution in [1.82, 2.24) is 5.32 Å². The van der Waals surface area contributed by atoms with Gasteiger partial charge in [0.25, 0.3) is 0 Å². The van der Waals surface area contributed by atoms with Gasteiger partial charge in [-0.1, -0.05) is 36.4 Å². The summed E-state index contributed by atoms with van der Waals surface area (Å²) in [4.78, 5) is 11.1. The van der Waals surface area contributed by atoms with E-state index in [1.54, 1.807) is 12.1 Å². The van der Waals surface area contributed by atoms with Gasteiger partial charge in [0.2, 0.25) is 5.91 Å². The number of nitrogens with two attached hydrogens (primary N) is 1. The lowest BCUT2D eigenvalue weighted by Crippen LogP contribution is -2.15. The molecule has 0 aromatic heterocycles. The Morgan fingerprint density at radius 1 is 1.00 bits per heavy atom. The highest BCUT2D eigenvalue weighted by atomic mass is 16.3. The van der Waals surface area contributed by atoms with E-state index in [0.29, 0.717) is 12.1 Å². The van der Waals surface area contributed by atoms with Crippen LogP contribution < -0.4 is 11.1 Å². The number of aliphatic hydroxyl groups is 1. The van der Waals surface area contributed by atoms with E-state index >= 15 is 0 Å². The molecule has 0 spiro atoms. The third kappa shape index (κ3) is 3.91. The van der Waals surface area contributed by atoms with Crippen LogP contribution in [0.5, 0.6) is 0 Å². The van der Waals surface area contributed by atoms with Gasteiger partial charge in [0, 0.05) is 18.7 Å². The van der Waals surface area contributed by atoms with Crippen molar-refractivity contribution < 1.29 is 9.90 Å². The zero-order chi connectivity index (χ0) is 14.4. The van der Waals surface area contributed by atoms with Gasteiger partial charge in [-0.15, -0.1) is 0 Å². The van der Waals surface area contributed by atoms with Crippen molar-refractivity contribution in [2.24, 2.45) is 5.73 Å². The summed E-state index contributed by atoms with van der Waals surface area (Å²) in [5, 5.41) is 12.3. The van der Waals surface area contributed by atoms with Crippen LogP contribution in [0, 0.1) is 0 Å². The summed E-state index contributed by atoms with van der Waals surface area (Å²) in [6.07, 6.45) is 0. The summed E-state index contributed by atoms with van der Waals surface area (Å²) in [7, 11) is 0. The summed E-state index contributed by atoms with van der Waals surface area (Å²) in [5.74, 6) is -0.411. The normalized spacial score (nSPS) is 10.4. The Kier molecular flexibility index (Phi) is 4.87. The maximum Gasteiger partial charge on any atom is 0.248 e. The molecule has 0 unspecified atom stereocenters. The molecule has 4 heteroatoms. The molecule has 0 atom stereocenters. The van der Waals surface area contributed by atoms with Crippen molar-refractivity contribution in [1.29, 1.82) is 0 Å². The first kappa shape index (κ1) is 14.2. The summed E-state index contributed by atoms with van der Waals surface area (Å²) >= 11 is 0. The molecule has 0 radical (unpaired) electrons. The highest BCUT2D eigenvalue weighted by molar-refractivity contribution is 5.92. The van der Waals surface area contributed by atoms with Crippen LogP contribution in [0.1, 0.15) is 27.0 Å². The number of nitrogens with one attached hydrogen (secondary N) is 1. The van der Waals surface area contributed by atoms with Gasteiger partial charge in [-0.2, -0.15) is 0 Å². The van der Waals surface area contributed by atoms with Crippen molar-refractivity contribution in [2.75, 3.05) is 0 Å². The second-order valence-electron chi connectivity index (χ2n) is 4.64. The van der Waals surface area contributed by atoms with Crippen LogP contribution >= 0.6 is 0 Å². The molecule has 20 heavy (non-hydrogen) atoms. The number of primary amides is 1. The molecule has 2 aromatic rings. The lowest BCUT2D eigenvalue weighted by atomic mass is 10.1. The summed E-state index contributed by atoms with van der Waals surface area (Å²) in [6.45, 7) is 1.46. The number of carbonyl (C=O) groups excluding carboxylic acids is 1. The number of hydrogen-bond acceptors (Lipinski definition) is 3. The van der Waals surface area contributed by atoms with Gasteiger partial charge < -0.3 is 16.2 Å². The first-order valence-electron chi connectivity index (χ1n) is 6.47. The van der Waals surface area contributed by atoms with Gasteiger partial charge in [-0.3, -0.25) is 4.79 Å². The predicted molar refractivity (Wildman–Crippen MR) is 77.9 cm³/mol. The highest BCUT2D eigenvalue weighted by Crippen LogP contribution is 2.06. The number of rotatable bonds is 6. The molecule has 0 heterocycles. The van der Waals surface area contributed by atoms with Gasteiger partial charge >= 0.3 is 0 Å². The molecule has 4 N–H and O–H groups in total. The second-order valence-corrected chi connectivity index (χ2v) is 4.64. The third-order valence-corrected chi connectivity index (χ3v) is 3.08. The lowest BCUT2D eigenvalue weighted by Gasteiger charge is -2.07. The quantitative estimate of drug-likeness (QED) is 0.745. The average Bonchev–Trinajstić information content (AvgIpc) is 2.48. The summed E-state index contributed by atoms with van der Waals surface area (Å²) < 4.78 is 0. The molecule has 4 nitrogen and oxygen atoms in total. The van der Waals surface area contributed by atoms with Crippen molar-refractivity contribution in [3.05, 3.63) is 70.8 Å². The van der Waals surface area contributed by atoms with E-state index in [4.69, 9.17) is 10.8 Å². The van der Waals surface area contributed by atoms with Crippen LogP contribution in [0.4, 0.5) is 0 Å². The van der Waals surface area contributed by atoms with Gasteiger partial charge in [-0.25, -0.2) is 0 Å². The molecule has 1 amide bonds. The largest absolute Gasteiger partial charge is 0.392 e. The first-order chi connectivity index (χ1) is 9.69. The molecular formula is C16H18N2O2. The third-order valence-electron chi connectivity index (χ3n) is 3.08. The Hall–Kier alpha value is -2.17. The minimum atomic E-state index is -0.411. The van der Waals surface area contributed by atoms with Gasteiger partial charge in [0.15, 0.2) is 0 Å². The zero-order valence-electron chi connectivity index (χ0n) is 11.2. The predicted octanol–water partition coefficient (Wildman–Crippen LogP) is 1.57. The molecule has 0 aliphatic heterocycles. The number of benzene rings is 2. The van der Waals surface area contributed by atoms with E-state index in [0.717, 1.165) is 23.2 Å². The molecular weight excluding hydrogens is 252 g/mol. The van der Waals surface area contributed by atoms with Crippen molar-refractivity contribution in [3.63, 3.8) is 0 Å². The van der Waals surface area contributed by atoms with Crippen molar-refractivity contribution in [2.45, 2.75) is 19.7 Å². The Balaban J connectivity index is 1.88. The summed E-state index contributed by atoms with van der Waals surface area (Å²) in [5.41, 5.74) is 8.85. The van der Waals surface area contributed by atoms with E-state index in [2.05, 4.69) is 5.32 Å². The van der Waals surface area contributed by atoms with E-state index in [9.17, 15) is 4.79 Å². The fourth-order valence-electron chi connectivity index (χ4n) is 1.95. The maximum atomic E-state index is 11.1. The Labute approximate surface area is 118 Å². The van der Waals surface area contributed by atoms with Crippen LogP contribution in [0.15, 0.2) is 48.5 Å². The van der Waals surface area contributed by atoms with Gasteiger partial charge in [0.05, 0.1) is 6.61 Å². The maximum absolute atomic E-state index is 11.1. The van der Waals surface area contributed by atoms with Crippen molar-refractivity contribution in [3.8, 4) is 0 Å². The Morgan fingerprint density at radius 3 is 2.30 bits per heavy atom. The molecule has 0 aliphatic carbocycles. The highest BCUT2D eigenvalue weighted by Gasteiger charge is 2.01. The number of aliphatic hydroxyl groups excluding tert-OH is 1. The lowest BCUT2D eigenvalue weighted by molar-refractivity contribution is 0.1000. The van der Waals surface area contributed by atoms with Crippen LogP contribution in [0.3, 0.4) is 0 Å². The zero-order valence-corrected chi connectivity index (χ0v) is 11.2. The minimum Gasteiger partial charge on any atom is -0.392 e. The second kappa shape index (κ2) is 6.84. The van der Waals surface area contributed by atoms with E-state index in [-0.39, 0.29) is 6.61 Å². The Bertz CT molecular complexity index is 579. The molecule has 2 rings (SSSR count). The number of hydrogen-bond donors (Lipinski definition) is 3. The van der Waals surface area contributed by atoms with E-state index in [1.165, 1.54) is 0 Å². The van der Waals surface area contributed by atoms with Crippen molar-refractivity contribution >= 4 is 5.91 Å². The molecule has 0 bridgehead atoms. The molecule has 0 saturated carbocycles. The van der Waals surface area contributed by atoms with Crippen LogP contribution in [0.2, 0.25) is 0 Å². The van der Waals surface area contributed by atoms with Crippen LogP contribution in [-0.2, 0) is 19.7 Å². The molecule has 0 saturated heterocycles. The molecule has 0 aliphatic rings. The van der Waals surface area contributed by atoms with Crippen LogP contribution in [0.25, 0.3) is 0 Å². The average molecular weight is 270 g/mol. The molecule has 2 aromatic carbocycles. The summed E-state index contributed by atoms with van der Waals surface area (Å²) in [6, 6.07) is 15.1. The standard InChI is InChI=1S/C16H18N2O2/c17-16(20)15-3-1-2-14(8-15)10-18-9-12-4-6-13(11-19)7-5-12/h1-8,18-19H,9-11H2,(H2,17,20). The van der Waals surface area contributed by atoms with E-state index < -0.39 is 5.91 Å². The Morgan fingerprint density at radius 2 is 1.65 bits per heavy atom. The number of amides is 1. The first-order valence-corrected chi connectivity index (χ1v) is 6.47. The smallest absolute Gasteiger partial charge is 0.248 e. The van der Waals surface area contributed by atoms with Gasteiger partial charge in [-0.05, 0) is 28.8 Å². The van der Waals surface area contributed by atoms with Gasteiger partial charge in [0.1, 0.15) is 0 Å². The van der Waals surface area contributed by atoms with E-state index in [1.807, 2.05) is 36.4 Å². The molecule has 0 fully saturated rings. The fourth-order valence-corrected chi connectivity index (χ4v) is 1.95. The minimum absolute atomic E-state index is 0.0631. The SMILES string of the molecule is NC(=O)c1cccc(CNCc2ccc(CO)cc2)c1.